The number of thioether (sulfide) groups is 1. The van der Waals surface area contributed by atoms with Crippen LogP contribution in [0, 0.1) is 6.92 Å². The van der Waals surface area contributed by atoms with Crippen molar-refractivity contribution in [2.75, 3.05) is 24.2 Å². The van der Waals surface area contributed by atoms with Gasteiger partial charge in [0.2, 0.25) is 0 Å². The van der Waals surface area contributed by atoms with Crippen molar-refractivity contribution in [3.63, 3.8) is 0 Å². The molecule has 2 rings (SSSR count). The number of amides is 2. The van der Waals surface area contributed by atoms with Crippen LogP contribution in [0.25, 0.3) is 0 Å². The molecule has 0 aliphatic carbocycles. The van der Waals surface area contributed by atoms with Crippen LogP contribution in [0.4, 0.5) is 5.69 Å². The highest BCUT2D eigenvalue weighted by atomic mass is 32.2. The smallest absolute Gasteiger partial charge is 0.313 e. The van der Waals surface area contributed by atoms with Crippen LogP contribution in [0.3, 0.4) is 0 Å². The number of aromatic nitrogens is 1. The lowest BCUT2D eigenvalue weighted by molar-refractivity contribution is -0.143. The first-order valence-electron chi connectivity index (χ1n) is 6.20. The lowest BCUT2D eigenvalue weighted by Crippen LogP contribution is -2.46. The second kappa shape index (κ2) is 6.06. The van der Waals surface area contributed by atoms with Gasteiger partial charge < -0.3 is 10.2 Å². The van der Waals surface area contributed by atoms with Crippen molar-refractivity contribution in [3.05, 3.63) is 24.0 Å². The van der Waals surface area contributed by atoms with Crippen LogP contribution < -0.4 is 5.32 Å². The molecule has 1 aliphatic heterocycles. The van der Waals surface area contributed by atoms with Gasteiger partial charge in [-0.25, -0.2) is 0 Å². The fourth-order valence-corrected chi connectivity index (χ4v) is 2.95. The number of anilines is 1. The third-order valence-corrected chi connectivity index (χ3v) is 4.13. The fraction of sp³-hybridized carbons (Fsp3) is 0.462. The second-order valence-corrected chi connectivity index (χ2v) is 6.12. The van der Waals surface area contributed by atoms with E-state index in [0.717, 1.165) is 11.3 Å². The molecule has 0 radical (unpaired) electrons. The molecule has 1 aromatic rings. The summed E-state index contributed by atoms with van der Waals surface area (Å²) in [6, 6.07) is 1.69. The summed E-state index contributed by atoms with van der Waals surface area (Å²) in [5.41, 5.74) is 1.47. The number of nitrogens with zero attached hydrogens (tertiary/aromatic N) is 2. The standard InChI is InChI=1S/C13H17N3O2S/c1-9-7-14-4-3-11(9)15-12(17)13(18)16-5-6-19-10(2)8-16/h3-4,7,10H,5-6,8H2,1-2H3,(H,14,15,17). The summed E-state index contributed by atoms with van der Waals surface area (Å²) in [4.78, 5) is 29.6. The molecular formula is C13H17N3O2S. The van der Waals surface area contributed by atoms with Gasteiger partial charge in [0.1, 0.15) is 0 Å². The molecule has 0 aromatic carbocycles. The van der Waals surface area contributed by atoms with E-state index in [1.54, 1.807) is 23.4 Å². The maximum atomic E-state index is 12.0. The zero-order chi connectivity index (χ0) is 13.8. The van der Waals surface area contributed by atoms with Gasteiger partial charge in [-0.3, -0.25) is 14.6 Å². The molecule has 1 N–H and O–H groups in total. The molecule has 2 amide bonds. The Morgan fingerprint density at radius 1 is 1.53 bits per heavy atom. The highest BCUT2D eigenvalue weighted by molar-refractivity contribution is 7.99. The Bertz CT molecular complexity index is 493. The monoisotopic (exact) mass is 279 g/mol. The van der Waals surface area contributed by atoms with E-state index in [1.165, 1.54) is 0 Å². The first-order valence-corrected chi connectivity index (χ1v) is 7.25. The van der Waals surface area contributed by atoms with Crippen LogP contribution in [0.5, 0.6) is 0 Å². The summed E-state index contributed by atoms with van der Waals surface area (Å²) in [6.07, 6.45) is 3.24. The number of carbonyl (C=O) groups excluding carboxylic acids is 2. The molecule has 2 heterocycles. The summed E-state index contributed by atoms with van der Waals surface area (Å²) in [5, 5.41) is 3.03. The molecule has 0 bridgehead atoms. The van der Waals surface area contributed by atoms with Crippen molar-refractivity contribution >= 4 is 29.3 Å². The molecule has 1 aromatic heterocycles. The molecule has 1 aliphatic rings. The van der Waals surface area contributed by atoms with E-state index in [9.17, 15) is 9.59 Å². The number of nitrogens with one attached hydrogen (secondary N) is 1. The second-order valence-electron chi connectivity index (χ2n) is 4.58. The molecule has 6 heteroatoms. The van der Waals surface area contributed by atoms with E-state index in [1.807, 2.05) is 18.7 Å². The van der Waals surface area contributed by atoms with Crippen molar-refractivity contribution in [2.24, 2.45) is 0 Å². The van der Waals surface area contributed by atoms with E-state index in [2.05, 4.69) is 17.2 Å². The van der Waals surface area contributed by atoms with Gasteiger partial charge in [-0.15, -0.1) is 0 Å². The number of pyridine rings is 1. The number of carbonyl (C=O) groups is 2. The third kappa shape index (κ3) is 3.47. The normalized spacial score (nSPS) is 19.1. The molecule has 5 nitrogen and oxygen atoms in total. The molecular weight excluding hydrogens is 262 g/mol. The van der Waals surface area contributed by atoms with Crippen LogP contribution >= 0.6 is 11.8 Å². The first kappa shape index (κ1) is 13.9. The molecule has 1 saturated heterocycles. The molecule has 1 fully saturated rings. The predicted molar refractivity (Wildman–Crippen MR) is 76.1 cm³/mol. The Morgan fingerprint density at radius 2 is 2.32 bits per heavy atom. The minimum atomic E-state index is -0.576. The topological polar surface area (TPSA) is 62.3 Å². The highest BCUT2D eigenvalue weighted by Crippen LogP contribution is 2.18. The number of hydrogen-bond donors (Lipinski definition) is 1. The molecule has 102 valence electrons. The van der Waals surface area contributed by atoms with Crippen molar-refractivity contribution < 1.29 is 9.59 Å². The first-order chi connectivity index (χ1) is 9.08. The summed E-state index contributed by atoms with van der Waals surface area (Å²) in [5.74, 6) is -0.147. The van der Waals surface area contributed by atoms with Gasteiger partial charge in [-0.1, -0.05) is 6.92 Å². The van der Waals surface area contributed by atoms with Gasteiger partial charge in [0, 0.05) is 42.2 Å². The largest absolute Gasteiger partial charge is 0.333 e. The highest BCUT2D eigenvalue weighted by Gasteiger charge is 2.26. The Balaban J connectivity index is 2.00. The Labute approximate surface area is 116 Å². The number of hydrogen-bond acceptors (Lipinski definition) is 4. The number of aryl methyl sites for hydroxylation is 1. The van der Waals surface area contributed by atoms with Gasteiger partial charge in [0.05, 0.1) is 0 Å². The third-order valence-electron chi connectivity index (χ3n) is 2.99. The average molecular weight is 279 g/mol. The molecule has 0 spiro atoms. The predicted octanol–water partition coefficient (Wildman–Crippen LogP) is 1.29. The van der Waals surface area contributed by atoms with E-state index in [-0.39, 0.29) is 0 Å². The van der Waals surface area contributed by atoms with Crippen molar-refractivity contribution in [2.45, 2.75) is 19.1 Å². The lowest BCUT2D eigenvalue weighted by atomic mass is 10.2. The minimum absolute atomic E-state index is 0.383. The summed E-state index contributed by atoms with van der Waals surface area (Å²) in [7, 11) is 0. The van der Waals surface area contributed by atoms with E-state index in [0.29, 0.717) is 24.0 Å². The fourth-order valence-electron chi connectivity index (χ4n) is 1.94. The van der Waals surface area contributed by atoms with Gasteiger partial charge in [-0.2, -0.15) is 11.8 Å². The summed E-state index contributed by atoms with van der Waals surface area (Å²) in [6.45, 7) is 5.17. The lowest BCUT2D eigenvalue weighted by Gasteiger charge is -2.29. The Kier molecular flexibility index (Phi) is 4.42. The van der Waals surface area contributed by atoms with Crippen molar-refractivity contribution in [3.8, 4) is 0 Å². The molecule has 19 heavy (non-hydrogen) atoms. The van der Waals surface area contributed by atoms with Gasteiger partial charge >= 0.3 is 11.8 Å². The maximum absolute atomic E-state index is 12.0. The Hall–Kier alpha value is -1.56. The molecule has 1 unspecified atom stereocenters. The van der Waals surface area contributed by atoms with Crippen molar-refractivity contribution in [1.29, 1.82) is 0 Å². The molecule has 1 atom stereocenters. The van der Waals surface area contributed by atoms with E-state index < -0.39 is 11.8 Å². The summed E-state index contributed by atoms with van der Waals surface area (Å²) < 4.78 is 0. The van der Waals surface area contributed by atoms with Crippen LogP contribution in [0.15, 0.2) is 18.5 Å². The number of rotatable bonds is 1. The van der Waals surface area contributed by atoms with Crippen molar-refractivity contribution in [1.82, 2.24) is 9.88 Å². The molecule has 0 saturated carbocycles. The van der Waals surface area contributed by atoms with E-state index >= 15 is 0 Å². The van der Waals surface area contributed by atoms with Crippen LogP contribution in [-0.2, 0) is 9.59 Å². The van der Waals surface area contributed by atoms with Gasteiger partial charge in [0.25, 0.3) is 0 Å². The zero-order valence-corrected chi connectivity index (χ0v) is 11.9. The van der Waals surface area contributed by atoms with Gasteiger partial charge in [0.15, 0.2) is 0 Å². The van der Waals surface area contributed by atoms with Crippen LogP contribution in [0.1, 0.15) is 12.5 Å². The van der Waals surface area contributed by atoms with E-state index in [4.69, 9.17) is 0 Å². The van der Waals surface area contributed by atoms with Crippen LogP contribution in [0.2, 0.25) is 0 Å². The van der Waals surface area contributed by atoms with Gasteiger partial charge in [-0.05, 0) is 18.6 Å². The SMILES string of the molecule is Cc1cnccc1NC(=O)C(=O)N1CCSC(C)C1. The quantitative estimate of drug-likeness (QED) is 0.787. The van der Waals surface area contributed by atoms with Crippen LogP contribution in [-0.4, -0.2) is 45.8 Å². The average Bonchev–Trinajstić information content (AvgIpc) is 2.40. The summed E-state index contributed by atoms with van der Waals surface area (Å²) >= 11 is 1.82. The minimum Gasteiger partial charge on any atom is -0.333 e. The Morgan fingerprint density at radius 3 is 3.00 bits per heavy atom. The maximum Gasteiger partial charge on any atom is 0.313 e. The zero-order valence-electron chi connectivity index (χ0n) is 11.0.